The molecule has 0 saturated carbocycles. The molecule has 2 saturated heterocycles. The molecule has 2 aliphatic heterocycles. The van der Waals surface area contributed by atoms with Crippen molar-refractivity contribution in [2.75, 3.05) is 25.4 Å². The van der Waals surface area contributed by atoms with Crippen LogP contribution in [0.15, 0.2) is 24.5 Å². The van der Waals surface area contributed by atoms with Gasteiger partial charge in [-0.2, -0.15) is 0 Å². The van der Waals surface area contributed by atoms with E-state index >= 15 is 0 Å². The lowest BCUT2D eigenvalue weighted by Crippen LogP contribution is -2.42. The van der Waals surface area contributed by atoms with Crippen LogP contribution in [0.5, 0.6) is 5.75 Å². The highest BCUT2D eigenvalue weighted by Gasteiger charge is 2.47. The summed E-state index contributed by atoms with van der Waals surface area (Å²) in [6.07, 6.45) is -0.754. The summed E-state index contributed by atoms with van der Waals surface area (Å²) < 4.78 is 38.8. The maximum absolute atomic E-state index is 13.4. The Hall–Kier alpha value is -3.95. The quantitative estimate of drug-likeness (QED) is 0.302. The molecule has 2 fully saturated rings. The van der Waals surface area contributed by atoms with E-state index in [-0.39, 0.29) is 11.6 Å². The number of nitrogens with zero attached hydrogens (tertiary/aromatic N) is 5. The molecule has 2 aliphatic rings. The van der Waals surface area contributed by atoms with Gasteiger partial charge in [0.15, 0.2) is 35.4 Å². The van der Waals surface area contributed by atoms with Crippen molar-refractivity contribution in [1.82, 2.24) is 29.7 Å². The molecule has 0 spiro atoms. The second-order valence-electron chi connectivity index (χ2n) is 10.4. The SMILES string of the molecule is CCNC(=O)[C@H]1O[C@@H](n2cnc3c(N)nc(CCCC4CCN(C(=O)Oc5ccc(F)c(F)c5)CC4)nc32)[C@H](O)[C@@H]1O. The van der Waals surface area contributed by atoms with Gasteiger partial charge in [-0.15, -0.1) is 0 Å². The topological polar surface area (TPSA) is 178 Å². The van der Waals surface area contributed by atoms with Crippen LogP contribution in [-0.4, -0.2) is 84.6 Å². The zero-order valence-corrected chi connectivity index (χ0v) is 22.9. The minimum Gasteiger partial charge on any atom is -0.410 e. The van der Waals surface area contributed by atoms with E-state index in [0.717, 1.165) is 37.8 Å². The summed E-state index contributed by atoms with van der Waals surface area (Å²) in [5.41, 5.74) is 6.77. The molecule has 42 heavy (non-hydrogen) atoms. The first-order valence-corrected chi connectivity index (χ1v) is 13.9. The van der Waals surface area contributed by atoms with Gasteiger partial charge in [0.05, 0.1) is 6.33 Å². The molecule has 0 radical (unpaired) electrons. The summed E-state index contributed by atoms with van der Waals surface area (Å²) in [6, 6.07) is 2.96. The number of halogens is 2. The maximum Gasteiger partial charge on any atom is 0.415 e. The van der Waals surface area contributed by atoms with E-state index in [9.17, 15) is 28.6 Å². The monoisotopic (exact) mass is 589 g/mol. The fraction of sp³-hybridized carbons (Fsp3) is 0.519. The average Bonchev–Trinajstić information content (AvgIpc) is 3.52. The van der Waals surface area contributed by atoms with E-state index in [1.54, 1.807) is 11.8 Å². The predicted molar refractivity (Wildman–Crippen MR) is 144 cm³/mol. The molecule has 226 valence electrons. The molecule has 4 heterocycles. The molecule has 5 rings (SSSR count). The summed E-state index contributed by atoms with van der Waals surface area (Å²) in [4.78, 5) is 39.4. The third-order valence-corrected chi connectivity index (χ3v) is 7.60. The zero-order valence-electron chi connectivity index (χ0n) is 22.9. The second kappa shape index (κ2) is 12.5. The fourth-order valence-corrected chi connectivity index (χ4v) is 5.32. The lowest BCUT2D eigenvalue weighted by atomic mass is 9.91. The van der Waals surface area contributed by atoms with Gasteiger partial charge in [-0.05, 0) is 50.7 Å². The Balaban J connectivity index is 1.15. The maximum atomic E-state index is 13.4. The van der Waals surface area contributed by atoms with Crippen LogP contribution in [0, 0.1) is 17.6 Å². The van der Waals surface area contributed by atoms with Crippen molar-refractivity contribution < 1.29 is 38.1 Å². The molecule has 2 amide bonds. The first-order chi connectivity index (χ1) is 20.2. The number of hydrogen-bond donors (Lipinski definition) is 4. The number of ether oxygens (including phenoxy) is 2. The molecule has 13 nitrogen and oxygen atoms in total. The fourth-order valence-electron chi connectivity index (χ4n) is 5.32. The number of aliphatic hydroxyl groups is 2. The molecule has 2 aromatic heterocycles. The van der Waals surface area contributed by atoms with E-state index in [4.69, 9.17) is 15.2 Å². The van der Waals surface area contributed by atoms with Crippen molar-refractivity contribution in [3.05, 3.63) is 42.0 Å². The van der Waals surface area contributed by atoms with Gasteiger partial charge in [0.2, 0.25) is 0 Å². The Morgan fingerprint density at radius 2 is 1.93 bits per heavy atom. The molecule has 0 bridgehead atoms. The summed E-state index contributed by atoms with van der Waals surface area (Å²) in [6.45, 7) is 3.04. The number of aryl methyl sites for hydroxylation is 1. The number of hydrogen-bond acceptors (Lipinski definition) is 10. The van der Waals surface area contributed by atoms with Crippen molar-refractivity contribution in [3.63, 3.8) is 0 Å². The van der Waals surface area contributed by atoms with Crippen molar-refractivity contribution in [3.8, 4) is 5.75 Å². The van der Waals surface area contributed by atoms with E-state index in [1.807, 2.05) is 0 Å². The Morgan fingerprint density at radius 3 is 2.64 bits per heavy atom. The average molecular weight is 590 g/mol. The number of piperidine rings is 1. The highest BCUT2D eigenvalue weighted by molar-refractivity contribution is 5.83. The van der Waals surface area contributed by atoms with Crippen LogP contribution in [0.2, 0.25) is 0 Å². The van der Waals surface area contributed by atoms with Crippen molar-refractivity contribution in [1.29, 1.82) is 0 Å². The lowest BCUT2D eigenvalue weighted by Gasteiger charge is -2.31. The standard InChI is InChI=1S/C27H33F2N7O6/c1-2-31-25(39)22-20(37)21(38)26(42-22)36-13-32-19-23(30)33-18(34-24(19)36)5-3-4-14-8-10-35(11-9-14)27(40)41-15-6-7-16(28)17(29)12-15/h6-7,12-14,20-22,26,37-38H,2-5,8-11H2,1H3,(H,31,39)(H2,30,33,34)/t20-,21+,22-,26+/m0/s1. The number of carbonyl (C=O) groups is 2. The molecule has 0 unspecified atom stereocenters. The number of nitrogen functional groups attached to an aromatic ring is 1. The molecule has 5 N–H and O–H groups in total. The van der Waals surface area contributed by atoms with Gasteiger partial charge >= 0.3 is 6.09 Å². The summed E-state index contributed by atoms with van der Waals surface area (Å²) in [7, 11) is 0. The number of nitrogens with two attached hydrogens (primary N) is 1. The van der Waals surface area contributed by atoms with Crippen LogP contribution in [0.25, 0.3) is 11.2 Å². The third kappa shape index (κ3) is 6.12. The van der Waals surface area contributed by atoms with Crippen LogP contribution < -0.4 is 15.8 Å². The molecule has 3 aromatic rings. The lowest BCUT2D eigenvalue weighted by molar-refractivity contribution is -0.137. The smallest absolute Gasteiger partial charge is 0.410 e. The number of nitrogens with one attached hydrogen (secondary N) is 1. The molecule has 15 heteroatoms. The van der Waals surface area contributed by atoms with Gasteiger partial charge in [-0.1, -0.05) is 0 Å². The number of imidazole rings is 1. The van der Waals surface area contributed by atoms with E-state index in [1.165, 1.54) is 17.0 Å². The molecule has 4 atom stereocenters. The second-order valence-corrected chi connectivity index (χ2v) is 10.4. The van der Waals surface area contributed by atoms with Gasteiger partial charge in [0, 0.05) is 32.1 Å². The summed E-state index contributed by atoms with van der Waals surface area (Å²) in [5.74, 6) is -1.68. The Kier molecular flexibility index (Phi) is 8.80. The first-order valence-electron chi connectivity index (χ1n) is 13.9. The Bertz CT molecular complexity index is 1450. The zero-order chi connectivity index (χ0) is 30.0. The van der Waals surface area contributed by atoms with Crippen molar-refractivity contribution >= 4 is 29.0 Å². The van der Waals surface area contributed by atoms with Crippen LogP contribution in [-0.2, 0) is 16.0 Å². The number of aromatic nitrogens is 4. The van der Waals surface area contributed by atoms with Gasteiger partial charge in [-0.3, -0.25) is 9.36 Å². The van der Waals surface area contributed by atoms with Gasteiger partial charge in [0.25, 0.3) is 5.91 Å². The highest BCUT2D eigenvalue weighted by Crippen LogP contribution is 2.32. The molecular weight excluding hydrogens is 556 g/mol. The van der Waals surface area contributed by atoms with Gasteiger partial charge < -0.3 is 35.6 Å². The van der Waals surface area contributed by atoms with Crippen molar-refractivity contribution in [2.24, 2.45) is 5.92 Å². The molecular formula is C27H33F2N7O6. The van der Waals surface area contributed by atoms with Gasteiger partial charge in [0.1, 0.15) is 29.3 Å². The number of fused-ring (bicyclic) bond motifs is 1. The number of rotatable bonds is 8. The number of likely N-dealkylation sites (tertiary alicyclic amines) is 1. The largest absolute Gasteiger partial charge is 0.415 e. The number of anilines is 1. The van der Waals surface area contributed by atoms with E-state index in [0.29, 0.717) is 49.0 Å². The summed E-state index contributed by atoms with van der Waals surface area (Å²) in [5, 5.41) is 23.6. The van der Waals surface area contributed by atoms with Crippen LogP contribution in [0.1, 0.15) is 44.7 Å². The number of amides is 2. The number of carbonyl (C=O) groups excluding carboxylic acids is 2. The number of likely N-dealkylation sites (N-methyl/N-ethyl adjacent to an activating group) is 1. The molecule has 1 aromatic carbocycles. The van der Waals surface area contributed by atoms with Gasteiger partial charge in [-0.25, -0.2) is 28.5 Å². The van der Waals surface area contributed by atoms with Crippen LogP contribution in [0.4, 0.5) is 19.4 Å². The minimum atomic E-state index is -1.43. The Morgan fingerprint density at radius 1 is 1.17 bits per heavy atom. The van der Waals surface area contributed by atoms with Crippen molar-refractivity contribution in [2.45, 2.75) is 63.6 Å². The Labute approximate surface area is 239 Å². The van der Waals surface area contributed by atoms with E-state index < -0.39 is 48.2 Å². The number of aliphatic hydroxyl groups excluding tert-OH is 2. The number of benzene rings is 1. The predicted octanol–water partition coefficient (Wildman–Crippen LogP) is 1.68. The van der Waals surface area contributed by atoms with Crippen LogP contribution >= 0.6 is 0 Å². The summed E-state index contributed by atoms with van der Waals surface area (Å²) >= 11 is 0. The highest BCUT2D eigenvalue weighted by atomic mass is 19.2. The molecule has 0 aliphatic carbocycles. The minimum absolute atomic E-state index is 0.0504. The first kappa shape index (κ1) is 29.5. The van der Waals surface area contributed by atoms with Crippen LogP contribution in [0.3, 0.4) is 0 Å². The third-order valence-electron chi connectivity index (χ3n) is 7.60. The van der Waals surface area contributed by atoms with E-state index in [2.05, 4.69) is 20.3 Å². The normalized spacial score (nSPS) is 22.9.